The summed E-state index contributed by atoms with van der Waals surface area (Å²) in [5.74, 6) is 4.93. The molecule has 4 atom stereocenters. The highest BCUT2D eigenvalue weighted by atomic mass is 14.5. The second-order valence-corrected chi connectivity index (χ2v) is 5.43. The zero-order valence-corrected chi connectivity index (χ0v) is 10.0. The second-order valence-electron chi connectivity index (χ2n) is 5.43. The fourth-order valence-electron chi connectivity index (χ4n) is 2.75. The summed E-state index contributed by atoms with van der Waals surface area (Å²) >= 11 is 0. The Bertz CT molecular complexity index is 148. The maximum atomic E-state index is 2.47. The van der Waals surface area contributed by atoms with Crippen LogP contribution in [-0.4, -0.2) is 0 Å². The fraction of sp³-hybridized carbons (Fsp3) is 1.00. The molecular formula is C13H26. The molecule has 0 radical (unpaired) electrons. The Balaban J connectivity index is 2.29. The van der Waals surface area contributed by atoms with Gasteiger partial charge >= 0.3 is 0 Å². The van der Waals surface area contributed by atoms with Gasteiger partial charge in [0.15, 0.2) is 0 Å². The maximum absolute atomic E-state index is 2.47. The van der Waals surface area contributed by atoms with Gasteiger partial charge in [-0.1, -0.05) is 47.5 Å². The molecule has 0 aliphatic heterocycles. The molecule has 1 fully saturated rings. The first-order valence-electron chi connectivity index (χ1n) is 6.07. The van der Waals surface area contributed by atoms with Gasteiger partial charge in [-0.15, -0.1) is 0 Å². The first-order chi connectivity index (χ1) is 6.07. The van der Waals surface area contributed by atoms with Gasteiger partial charge in [0, 0.05) is 0 Å². The zero-order valence-electron chi connectivity index (χ0n) is 10.0. The van der Waals surface area contributed by atoms with E-state index >= 15 is 0 Å². The third-order valence-corrected chi connectivity index (χ3v) is 4.06. The minimum absolute atomic E-state index is 0.918. The highest BCUT2D eigenvalue weighted by molar-refractivity contribution is 4.92. The van der Waals surface area contributed by atoms with Crippen LogP contribution in [0.25, 0.3) is 0 Å². The van der Waals surface area contributed by atoms with Crippen LogP contribution in [0.15, 0.2) is 0 Å². The third kappa shape index (κ3) is 2.72. The topological polar surface area (TPSA) is 0 Å². The highest BCUT2D eigenvalue weighted by Gasteiger charge is 2.43. The molecule has 0 spiro atoms. The van der Waals surface area contributed by atoms with E-state index in [1.165, 1.54) is 19.3 Å². The zero-order chi connectivity index (χ0) is 10.0. The molecule has 13 heavy (non-hydrogen) atoms. The Hall–Kier alpha value is 0. The van der Waals surface area contributed by atoms with Crippen molar-refractivity contribution in [2.75, 3.05) is 0 Å². The van der Waals surface area contributed by atoms with E-state index in [-0.39, 0.29) is 0 Å². The first-order valence-corrected chi connectivity index (χ1v) is 6.07. The Morgan fingerprint density at radius 1 is 1.08 bits per heavy atom. The van der Waals surface area contributed by atoms with Crippen LogP contribution < -0.4 is 0 Å². The van der Waals surface area contributed by atoms with E-state index in [0.717, 1.165) is 29.6 Å². The maximum Gasteiger partial charge on any atom is -0.0352 e. The number of hydrogen-bond donors (Lipinski definition) is 0. The van der Waals surface area contributed by atoms with Crippen molar-refractivity contribution in [3.05, 3.63) is 0 Å². The lowest BCUT2D eigenvalue weighted by molar-refractivity contribution is 0.299. The van der Waals surface area contributed by atoms with E-state index < -0.39 is 0 Å². The lowest BCUT2D eigenvalue weighted by Crippen LogP contribution is -2.12. The molecule has 0 heteroatoms. The summed E-state index contributed by atoms with van der Waals surface area (Å²) in [6.07, 6.45) is 4.28. The molecule has 0 nitrogen and oxygen atoms in total. The number of hydrogen-bond acceptors (Lipinski definition) is 0. The van der Waals surface area contributed by atoms with Gasteiger partial charge in [0.25, 0.3) is 0 Å². The van der Waals surface area contributed by atoms with Crippen LogP contribution in [0.5, 0.6) is 0 Å². The molecule has 0 aromatic heterocycles. The van der Waals surface area contributed by atoms with Gasteiger partial charge in [-0.25, -0.2) is 0 Å². The van der Waals surface area contributed by atoms with Crippen molar-refractivity contribution in [3.8, 4) is 0 Å². The summed E-state index contributed by atoms with van der Waals surface area (Å²) in [6, 6.07) is 0. The van der Waals surface area contributed by atoms with E-state index in [0.29, 0.717) is 0 Å². The van der Waals surface area contributed by atoms with Crippen molar-refractivity contribution < 1.29 is 0 Å². The van der Waals surface area contributed by atoms with Gasteiger partial charge < -0.3 is 0 Å². The van der Waals surface area contributed by atoms with Gasteiger partial charge in [-0.3, -0.25) is 0 Å². The average molecular weight is 182 g/mol. The summed E-state index contributed by atoms with van der Waals surface area (Å²) in [7, 11) is 0. The minimum atomic E-state index is 0.918. The molecule has 0 saturated heterocycles. The molecule has 4 unspecified atom stereocenters. The van der Waals surface area contributed by atoms with Gasteiger partial charge in [-0.05, 0) is 36.0 Å². The highest BCUT2D eigenvalue weighted by Crippen LogP contribution is 2.51. The van der Waals surface area contributed by atoms with Crippen LogP contribution in [0.3, 0.4) is 0 Å². The van der Waals surface area contributed by atoms with E-state index in [4.69, 9.17) is 0 Å². The molecule has 0 bridgehead atoms. The average Bonchev–Trinajstić information content (AvgIpc) is 2.82. The Morgan fingerprint density at radius 3 is 2.08 bits per heavy atom. The van der Waals surface area contributed by atoms with Crippen LogP contribution in [0.1, 0.15) is 53.9 Å². The fourth-order valence-corrected chi connectivity index (χ4v) is 2.75. The van der Waals surface area contributed by atoms with Crippen LogP contribution in [0, 0.1) is 29.6 Å². The predicted molar refractivity (Wildman–Crippen MR) is 59.7 cm³/mol. The van der Waals surface area contributed by atoms with Crippen molar-refractivity contribution in [2.45, 2.75) is 53.9 Å². The minimum Gasteiger partial charge on any atom is -0.0654 e. The molecule has 0 heterocycles. The van der Waals surface area contributed by atoms with Crippen LogP contribution >= 0.6 is 0 Å². The third-order valence-electron chi connectivity index (χ3n) is 4.06. The van der Waals surface area contributed by atoms with Gasteiger partial charge in [-0.2, -0.15) is 0 Å². The molecule has 0 N–H and O–H groups in total. The van der Waals surface area contributed by atoms with E-state index in [2.05, 4.69) is 34.6 Å². The standard InChI is InChI=1S/C13H26/c1-6-7-10(4)11(5)13-8-12(13)9(2)3/h9-13H,6-8H2,1-5H3. The first kappa shape index (κ1) is 11.1. The molecule has 0 aromatic rings. The summed E-state index contributed by atoms with van der Waals surface area (Å²) < 4.78 is 0. The lowest BCUT2D eigenvalue weighted by atomic mass is 9.86. The predicted octanol–water partition coefficient (Wildman–Crippen LogP) is 4.35. The summed E-state index contributed by atoms with van der Waals surface area (Å²) in [4.78, 5) is 0. The molecule has 0 amide bonds. The van der Waals surface area contributed by atoms with Crippen molar-refractivity contribution >= 4 is 0 Å². The number of rotatable bonds is 5. The molecule has 1 aliphatic carbocycles. The van der Waals surface area contributed by atoms with Crippen LogP contribution in [-0.2, 0) is 0 Å². The molecule has 1 saturated carbocycles. The summed E-state index contributed by atoms with van der Waals surface area (Å²) in [6.45, 7) is 12.0. The molecule has 1 aliphatic rings. The SMILES string of the molecule is CCCC(C)C(C)C1CC1C(C)C. The van der Waals surface area contributed by atoms with Crippen LogP contribution in [0.4, 0.5) is 0 Å². The van der Waals surface area contributed by atoms with E-state index in [1.807, 2.05) is 0 Å². The smallest absolute Gasteiger partial charge is 0.0352 e. The Morgan fingerprint density at radius 2 is 1.69 bits per heavy atom. The van der Waals surface area contributed by atoms with Crippen molar-refractivity contribution in [1.82, 2.24) is 0 Å². The Labute approximate surface area is 84.1 Å². The quantitative estimate of drug-likeness (QED) is 0.593. The summed E-state index contributed by atoms with van der Waals surface area (Å²) in [5.41, 5.74) is 0. The van der Waals surface area contributed by atoms with Crippen molar-refractivity contribution in [2.24, 2.45) is 29.6 Å². The van der Waals surface area contributed by atoms with Gasteiger partial charge in [0.2, 0.25) is 0 Å². The van der Waals surface area contributed by atoms with Crippen molar-refractivity contribution in [3.63, 3.8) is 0 Å². The molecule has 1 rings (SSSR count). The van der Waals surface area contributed by atoms with Gasteiger partial charge in [0.05, 0.1) is 0 Å². The molecular weight excluding hydrogens is 156 g/mol. The van der Waals surface area contributed by atoms with Crippen molar-refractivity contribution in [1.29, 1.82) is 0 Å². The van der Waals surface area contributed by atoms with Crippen LogP contribution in [0.2, 0.25) is 0 Å². The second kappa shape index (κ2) is 4.48. The molecule has 78 valence electrons. The summed E-state index contributed by atoms with van der Waals surface area (Å²) in [5, 5.41) is 0. The molecule has 0 aromatic carbocycles. The lowest BCUT2D eigenvalue weighted by Gasteiger charge is -2.20. The monoisotopic (exact) mass is 182 g/mol. The Kier molecular flexibility index (Phi) is 3.82. The van der Waals surface area contributed by atoms with Gasteiger partial charge in [0.1, 0.15) is 0 Å². The van der Waals surface area contributed by atoms with E-state index in [1.54, 1.807) is 0 Å². The largest absolute Gasteiger partial charge is 0.0654 e. The van der Waals surface area contributed by atoms with E-state index in [9.17, 15) is 0 Å². The normalized spacial score (nSPS) is 31.8.